The zero-order valence-electron chi connectivity index (χ0n) is 10.1. The van der Waals surface area contributed by atoms with Crippen molar-refractivity contribution in [3.8, 4) is 0 Å². The Morgan fingerprint density at radius 2 is 2.17 bits per heavy atom. The Kier molecular flexibility index (Phi) is 4.45. The van der Waals surface area contributed by atoms with Gasteiger partial charge in [-0.2, -0.15) is 0 Å². The number of aliphatic hydroxyl groups is 1. The first-order valence-electron chi connectivity index (χ1n) is 5.91. The van der Waals surface area contributed by atoms with Crippen LogP contribution in [0.2, 0.25) is 0 Å². The number of likely N-dealkylation sites (tertiary alicyclic amines) is 1. The van der Waals surface area contributed by atoms with E-state index in [0.29, 0.717) is 18.7 Å². The van der Waals surface area contributed by atoms with Gasteiger partial charge in [0.15, 0.2) is 0 Å². The molecule has 1 fully saturated rings. The van der Waals surface area contributed by atoms with Gasteiger partial charge in [0.25, 0.3) is 5.91 Å². The molecule has 1 N–H and O–H groups in total. The van der Waals surface area contributed by atoms with E-state index in [4.69, 9.17) is 0 Å². The molecule has 1 amide bonds. The second kappa shape index (κ2) is 5.72. The summed E-state index contributed by atoms with van der Waals surface area (Å²) < 4.78 is 1.66. The molecule has 0 spiro atoms. The molecule has 0 bridgehead atoms. The van der Waals surface area contributed by atoms with E-state index in [2.05, 4.69) is 31.9 Å². The second-order valence-corrected chi connectivity index (χ2v) is 6.48. The van der Waals surface area contributed by atoms with E-state index in [1.54, 1.807) is 11.0 Å². The van der Waals surface area contributed by atoms with Crippen LogP contribution in [0.15, 0.2) is 27.1 Å². The first-order chi connectivity index (χ1) is 8.49. The predicted octanol–water partition coefficient (Wildman–Crippen LogP) is 3.05. The van der Waals surface area contributed by atoms with E-state index in [-0.39, 0.29) is 11.8 Å². The maximum absolute atomic E-state index is 12.4. The van der Waals surface area contributed by atoms with Gasteiger partial charge < -0.3 is 10.0 Å². The zero-order valence-corrected chi connectivity index (χ0v) is 13.2. The van der Waals surface area contributed by atoms with Crippen LogP contribution in [0.3, 0.4) is 0 Å². The molecule has 0 aromatic heterocycles. The number of halogens is 2. The molecule has 2 unspecified atom stereocenters. The summed E-state index contributed by atoms with van der Waals surface area (Å²) in [5.41, 5.74) is 0.631. The van der Waals surface area contributed by atoms with Crippen LogP contribution in [-0.4, -0.2) is 35.1 Å². The normalized spacial score (nSPS) is 24.1. The number of benzene rings is 1. The fourth-order valence-electron chi connectivity index (χ4n) is 2.07. The minimum atomic E-state index is -0.423. The highest BCUT2D eigenvalue weighted by atomic mass is 79.9. The monoisotopic (exact) mass is 375 g/mol. The molecule has 98 valence electrons. The Hall–Kier alpha value is -0.390. The molecule has 3 nitrogen and oxygen atoms in total. The smallest absolute Gasteiger partial charge is 0.255 e. The SMILES string of the molecule is CC1CCN(C(=O)c2cc(Br)ccc2Br)CC1O. The summed E-state index contributed by atoms with van der Waals surface area (Å²) in [6.45, 7) is 3.14. The van der Waals surface area contributed by atoms with Crippen LogP contribution in [-0.2, 0) is 0 Å². The maximum Gasteiger partial charge on any atom is 0.255 e. The van der Waals surface area contributed by atoms with Crippen molar-refractivity contribution in [2.45, 2.75) is 19.4 Å². The van der Waals surface area contributed by atoms with Gasteiger partial charge in [0, 0.05) is 22.0 Å². The van der Waals surface area contributed by atoms with Crippen LogP contribution in [0.1, 0.15) is 23.7 Å². The number of hydrogen-bond acceptors (Lipinski definition) is 2. The van der Waals surface area contributed by atoms with E-state index in [0.717, 1.165) is 15.4 Å². The number of aliphatic hydroxyl groups excluding tert-OH is 1. The fourth-order valence-corrected chi connectivity index (χ4v) is 2.84. The van der Waals surface area contributed by atoms with Gasteiger partial charge in [0.05, 0.1) is 11.7 Å². The van der Waals surface area contributed by atoms with Gasteiger partial charge in [-0.15, -0.1) is 0 Å². The van der Waals surface area contributed by atoms with E-state index in [1.165, 1.54) is 0 Å². The van der Waals surface area contributed by atoms with E-state index >= 15 is 0 Å². The van der Waals surface area contributed by atoms with Crippen molar-refractivity contribution >= 4 is 37.8 Å². The van der Waals surface area contributed by atoms with Gasteiger partial charge in [-0.25, -0.2) is 0 Å². The first kappa shape index (κ1) is 14.0. The number of β-amino-alcohol motifs (C(OH)–C–C–N with tert-alkyl or cyclic N) is 1. The van der Waals surface area contributed by atoms with Crippen molar-refractivity contribution in [2.24, 2.45) is 5.92 Å². The lowest BCUT2D eigenvalue weighted by Gasteiger charge is -2.34. The van der Waals surface area contributed by atoms with E-state index in [9.17, 15) is 9.90 Å². The van der Waals surface area contributed by atoms with Crippen molar-refractivity contribution in [2.75, 3.05) is 13.1 Å². The fraction of sp³-hybridized carbons (Fsp3) is 0.462. The summed E-state index contributed by atoms with van der Waals surface area (Å²) >= 11 is 6.76. The van der Waals surface area contributed by atoms with Crippen molar-refractivity contribution in [1.82, 2.24) is 4.90 Å². The third-order valence-corrected chi connectivity index (χ3v) is 4.55. The maximum atomic E-state index is 12.4. The minimum absolute atomic E-state index is 0.0332. The molecule has 1 aromatic carbocycles. The summed E-state index contributed by atoms with van der Waals surface area (Å²) in [6, 6.07) is 5.53. The highest BCUT2D eigenvalue weighted by molar-refractivity contribution is 9.11. The van der Waals surface area contributed by atoms with Crippen LogP contribution in [0, 0.1) is 5.92 Å². The van der Waals surface area contributed by atoms with E-state index < -0.39 is 6.10 Å². The summed E-state index contributed by atoms with van der Waals surface area (Å²) in [5.74, 6) is 0.231. The van der Waals surface area contributed by atoms with Crippen LogP contribution >= 0.6 is 31.9 Å². The van der Waals surface area contributed by atoms with E-state index in [1.807, 2.05) is 19.1 Å². The average Bonchev–Trinajstić information content (AvgIpc) is 2.35. The summed E-state index contributed by atoms with van der Waals surface area (Å²) in [4.78, 5) is 14.1. The number of piperidine rings is 1. The highest BCUT2D eigenvalue weighted by Gasteiger charge is 2.28. The number of carbonyl (C=O) groups excluding carboxylic acids is 1. The summed E-state index contributed by atoms with van der Waals surface area (Å²) in [5, 5.41) is 9.85. The lowest BCUT2D eigenvalue weighted by Crippen LogP contribution is -2.45. The number of carbonyl (C=O) groups is 1. The average molecular weight is 377 g/mol. The van der Waals surface area contributed by atoms with Crippen molar-refractivity contribution in [3.05, 3.63) is 32.7 Å². The summed E-state index contributed by atoms with van der Waals surface area (Å²) in [7, 11) is 0. The molecular formula is C13H15Br2NO2. The number of amides is 1. The first-order valence-corrected chi connectivity index (χ1v) is 7.50. The highest BCUT2D eigenvalue weighted by Crippen LogP contribution is 2.25. The lowest BCUT2D eigenvalue weighted by molar-refractivity contribution is 0.0248. The Morgan fingerprint density at radius 1 is 1.44 bits per heavy atom. The molecule has 1 aliphatic rings. The molecule has 0 radical (unpaired) electrons. The molecule has 1 saturated heterocycles. The molecule has 2 atom stereocenters. The van der Waals surface area contributed by atoms with Crippen LogP contribution in [0.25, 0.3) is 0 Å². The zero-order chi connectivity index (χ0) is 13.3. The lowest BCUT2D eigenvalue weighted by atomic mass is 9.95. The van der Waals surface area contributed by atoms with Gasteiger partial charge in [0.2, 0.25) is 0 Å². The van der Waals surface area contributed by atoms with Gasteiger partial charge in [-0.1, -0.05) is 22.9 Å². The molecule has 18 heavy (non-hydrogen) atoms. The Bertz CT molecular complexity index is 464. The van der Waals surface area contributed by atoms with Gasteiger partial charge in [-0.3, -0.25) is 4.79 Å². The van der Waals surface area contributed by atoms with Crippen molar-refractivity contribution in [1.29, 1.82) is 0 Å². The van der Waals surface area contributed by atoms with Crippen molar-refractivity contribution < 1.29 is 9.90 Å². The Balaban J connectivity index is 2.19. The third-order valence-electron chi connectivity index (χ3n) is 3.36. The standard InChI is InChI=1S/C13H15Br2NO2/c1-8-4-5-16(7-12(8)17)13(18)10-6-9(14)2-3-11(10)15/h2-3,6,8,12,17H,4-5,7H2,1H3. The predicted molar refractivity (Wildman–Crippen MR) is 77.5 cm³/mol. The van der Waals surface area contributed by atoms with Crippen LogP contribution < -0.4 is 0 Å². The molecule has 1 heterocycles. The Labute approximate surface area is 123 Å². The molecule has 0 aliphatic carbocycles. The van der Waals surface area contributed by atoms with Crippen LogP contribution in [0.4, 0.5) is 0 Å². The van der Waals surface area contributed by atoms with Crippen molar-refractivity contribution in [3.63, 3.8) is 0 Å². The molecular weight excluding hydrogens is 362 g/mol. The van der Waals surface area contributed by atoms with Gasteiger partial charge in [-0.05, 0) is 46.5 Å². The molecule has 1 aliphatic heterocycles. The van der Waals surface area contributed by atoms with Gasteiger partial charge >= 0.3 is 0 Å². The molecule has 2 rings (SSSR count). The molecule has 5 heteroatoms. The summed E-state index contributed by atoms with van der Waals surface area (Å²) in [6.07, 6.45) is 0.423. The largest absolute Gasteiger partial charge is 0.391 e. The number of hydrogen-bond donors (Lipinski definition) is 1. The number of rotatable bonds is 1. The van der Waals surface area contributed by atoms with Gasteiger partial charge in [0.1, 0.15) is 0 Å². The van der Waals surface area contributed by atoms with Crippen LogP contribution in [0.5, 0.6) is 0 Å². The quantitative estimate of drug-likeness (QED) is 0.818. The third kappa shape index (κ3) is 2.95. The molecule has 0 saturated carbocycles. The second-order valence-electron chi connectivity index (χ2n) is 4.71. The molecule has 1 aromatic rings. The minimum Gasteiger partial charge on any atom is -0.391 e. The number of nitrogens with zero attached hydrogens (tertiary/aromatic N) is 1. The Morgan fingerprint density at radius 3 is 2.83 bits per heavy atom. The topological polar surface area (TPSA) is 40.5 Å².